The molecule has 2 heterocycles. The minimum absolute atomic E-state index is 0.0536. The van der Waals surface area contributed by atoms with Crippen LogP contribution in [0.1, 0.15) is 107 Å². The molecule has 2 aliphatic rings. The molecule has 3 N–H and O–H groups in total. The number of allylic oxidation sites excluding steroid dienone is 4. The van der Waals surface area contributed by atoms with E-state index in [4.69, 9.17) is 47.7 Å². The Morgan fingerprint density at radius 1 is 0.617 bits per heavy atom. The van der Waals surface area contributed by atoms with Gasteiger partial charge in [-0.25, -0.2) is 0 Å². The van der Waals surface area contributed by atoms with E-state index in [9.17, 15) is 10.2 Å². The second kappa shape index (κ2) is 34.0. The Labute approximate surface area is 366 Å². The van der Waals surface area contributed by atoms with E-state index in [-0.39, 0.29) is 79.2 Å². The maximum Gasteiger partial charge on any atom is 0.160 e. The Bertz CT molecular complexity index is 1170. The first-order chi connectivity index (χ1) is 28.7. The summed E-state index contributed by atoms with van der Waals surface area (Å²) in [6, 6.07) is 0. The third-order valence-electron chi connectivity index (χ3n) is 12.3. The van der Waals surface area contributed by atoms with E-state index in [1.807, 2.05) is 38.2 Å². The fourth-order valence-corrected chi connectivity index (χ4v) is 8.10. The Morgan fingerprint density at radius 3 is 1.43 bits per heavy atom. The van der Waals surface area contributed by atoms with Gasteiger partial charge in [-0.1, -0.05) is 78.0 Å². The fraction of sp³-hybridized carbons (Fsp3) is 0.833. The van der Waals surface area contributed by atoms with Gasteiger partial charge in [0.15, 0.2) is 6.29 Å². The Kier molecular flexibility index (Phi) is 33.1. The molecule has 2 aliphatic heterocycles. The predicted octanol–water partition coefficient (Wildman–Crippen LogP) is 7.87. The average Bonchev–Trinajstić information content (AvgIpc) is 3.27. The molecule has 0 spiro atoms. The zero-order valence-corrected chi connectivity index (χ0v) is 40.5. The number of hydrogen-bond acceptors (Lipinski definition) is 12. The van der Waals surface area contributed by atoms with E-state index in [0.29, 0.717) is 24.9 Å². The van der Waals surface area contributed by atoms with E-state index in [0.717, 1.165) is 63.2 Å². The van der Waals surface area contributed by atoms with Crippen LogP contribution in [-0.2, 0) is 42.6 Å². The summed E-state index contributed by atoms with van der Waals surface area (Å²) in [6.45, 7) is 17.5. The van der Waals surface area contributed by atoms with Crippen LogP contribution in [0.3, 0.4) is 0 Å². The maximum absolute atomic E-state index is 10.5. The quantitative estimate of drug-likeness (QED) is 0.0769. The number of methoxy groups -OCH3 is 7. The van der Waals surface area contributed by atoms with Gasteiger partial charge in [-0.3, -0.25) is 0 Å². The van der Waals surface area contributed by atoms with Crippen molar-refractivity contribution in [2.45, 2.75) is 174 Å². The van der Waals surface area contributed by atoms with Crippen LogP contribution in [0.2, 0.25) is 0 Å². The third kappa shape index (κ3) is 20.3. The zero-order chi connectivity index (χ0) is 45.8. The minimum atomic E-state index is -0.375. The fourth-order valence-electron chi connectivity index (χ4n) is 8.10. The summed E-state index contributed by atoms with van der Waals surface area (Å²) in [4.78, 5) is 0. The second-order valence-electron chi connectivity index (χ2n) is 16.4. The van der Waals surface area contributed by atoms with E-state index < -0.39 is 0 Å². The molecule has 0 amide bonds. The van der Waals surface area contributed by atoms with Crippen molar-refractivity contribution in [3.8, 4) is 0 Å². The van der Waals surface area contributed by atoms with Crippen molar-refractivity contribution < 1.29 is 58.0 Å². The topological polar surface area (TPSA) is 144 Å². The third-order valence-corrected chi connectivity index (χ3v) is 12.3. The van der Waals surface area contributed by atoms with Crippen molar-refractivity contribution in [3.63, 3.8) is 0 Å². The summed E-state index contributed by atoms with van der Waals surface area (Å²) in [6.07, 6.45) is 17.9. The molecule has 0 radical (unpaired) electrons. The Morgan fingerprint density at radius 2 is 1.05 bits per heavy atom. The van der Waals surface area contributed by atoms with Crippen molar-refractivity contribution in [3.05, 3.63) is 47.6 Å². The van der Waals surface area contributed by atoms with Crippen molar-refractivity contribution in [1.82, 2.24) is 0 Å². The molecule has 2 saturated heterocycles. The van der Waals surface area contributed by atoms with Gasteiger partial charge < -0.3 is 58.0 Å². The van der Waals surface area contributed by atoms with Crippen molar-refractivity contribution in [2.24, 2.45) is 23.7 Å². The summed E-state index contributed by atoms with van der Waals surface area (Å²) < 4.78 is 50.8. The van der Waals surface area contributed by atoms with Crippen LogP contribution in [0.15, 0.2) is 47.6 Å². The largest absolute Gasteiger partial charge is 0.400 e. The monoisotopic (exact) mass is 859 g/mol. The molecule has 0 aromatic rings. The summed E-state index contributed by atoms with van der Waals surface area (Å²) in [5, 5.41) is 28.0. The van der Waals surface area contributed by atoms with Gasteiger partial charge in [-0.2, -0.15) is 0 Å². The Balaban J connectivity index is 0.00000112. The van der Waals surface area contributed by atoms with Crippen LogP contribution in [0.25, 0.3) is 0 Å². The Hall–Kier alpha value is -1.52. The molecule has 0 aliphatic carbocycles. The lowest BCUT2D eigenvalue weighted by molar-refractivity contribution is -0.241. The molecule has 13 unspecified atom stereocenters. The van der Waals surface area contributed by atoms with Crippen LogP contribution >= 0.6 is 0 Å². The molecule has 15 atom stereocenters. The molecule has 0 saturated carbocycles. The van der Waals surface area contributed by atoms with E-state index in [1.54, 1.807) is 49.8 Å². The van der Waals surface area contributed by atoms with E-state index >= 15 is 0 Å². The molecule has 2 fully saturated rings. The lowest BCUT2D eigenvalue weighted by atomic mass is 9.91. The first-order valence-corrected chi connectivity index (χ1v) is 22.2. The smallest absolute Gasteiger partial charge is 0.160 e. The van der Waals surface area contributed by atoms with Gasteiger partial charge in [0.2, 0.25) is 0 Å². The molecule has 2 rings (SSSR count). The van der Waals surface area contributed by atoms with Gasteiger partial charge >= 0.3 is 0 Å². The molecular weight excluding hydrogens is 769 g/mol. The van der Waals surface area contributed by atoms with Gasteiger partial charge in [-0.15, -0.1) is 0 Å². The summed E-state index contributed by atoms with van der Waals surface area (Å²) in [5.41, 5.74) is 2.13. The molecule has 60 heavy (non-hydrogen) atoms. The highest BCUT2D eigenvalue weighted by atomic mass is 16.7. The van der Waals surface area contributed by atoms with Crippen LogP contribution in [0, 0.1) is 23.7 Å². The molecule has 12 heteroatoms. The van der Waals surface area contributed by atoms with Gasteiger partial charge in [0.05, 0.1) is 43.2 Å². The number of rotatable bonds is 25. The lowest BCUT2D eigenvalue weighted by Crippen LogP contribution is -2.51. The molecule has 0 bridgehead atoms. The SMILES string of the molecule is CCC(OC)C(C)CCC(O)C(C)/C=C/C=C(\C)C1OCCC(OC)C1OC.CCC(OC)C(C)CCC(O)C(C)/C=C/C=C(\C)C1O[C@@H](OC)CC(OC)[C@H]1OC.CO. The summed E-state index contributed by atoms with van der Waals surface area (Å²) in [5.74, 6) is 1.04. The van der Waals surface area contributed by atoms with Crippen molar-refractivity contribution >= 4 is 0 Å². The molecule has 0 aromatic heterocycles. The summed E-state index contributed by atoms with van der Waals surface area (Å²) in [7, 11) is 12.9. The van der Waals surface area contributed by atoms with E-state index in [1.165, 1.54) is 0 Å². The standard InChI is InChI=1S/C24H44O6.C23H42O5.CH4O/c1-9-20(26-5)17(3)13-14-19(25)16(2)11-10-12-18(4)23-24(29-8)21(27-6)15-22(28-7)30-23;1-8-20(25-5)17(3)12-13-19(24)16(2)10-9-11-18(4)22-23(27-7)21(26-6)14-15-28-22;1-2/h10-12,16-17,19-25H,9,13-15H2,1-8H3;9-11,16-17,19-24H,8,12-15H2,1-7H3;2H,1H3/b11-10+,18-12+;10-9+,18-11+;/t16?,17?,19?,20?,21?,22-,23?,24-;;/m1../s1. The number of aliphatic hydroxyl groups is 3. The highest BCUT2D eigenvalue weighted by molar-refractivity contribution is 5.19. The van der Waals surface area contributed by atoms with Crippen molar-refractivity contribution in [1.29, 1.82) is 0 Å². The molecule has 0 aromatic carbocycles. The second-order valence-corrected chi connectivity index (χ2v) is 16.4. The van der Waals surface area contributed by atoms with E-state index in [2.05, 4.69) is 53.7 Å². The minimum Gasteiger partial charge on any atom is -0.400 e. The molecule has 354 valence electrons. The normalized spacial score (nSPS) is 28.1. The van der Waals surface area contributed by atoms with Gasteiger partial charge in [0.1, 0.15) is 24.4 Å². The van der Waals surface area contributed by atoms with Crippen LogP contribution in [0.5, 0.6) is 0 Å². The summed E-state index contributed by atoms with van der Waals surface area (Å²) >= 11 is 0. The molecular formula is C48H90O12. The average molecular weight is 859 g/mol. The van der Waals surface area contributed by atoms with Crippen LogP contribution < -0.4 is 0 Å². The van der Waals surface area contributed by atoms with Gasteiger partial charge in [-0.05, 0) is 81.8 Å². The van der Waals surface area contributed by atoms with Crippen LogP contribution in [0.4, 0.5) is 0 Å². The first kappa shape index (κ1) is 58.5. The first-order valence-electron chi connectivity index (χ1n) is 22.2. The van der Waals surface area contributed by atoms with Crippen molar-refractivity contribution in [2.75, 3.05) is 63.5 Å². The molecule has 12 nitrogen and oxygen atoms in total. The van der Waals surface area contributed by atoms with Crippen LogP contribution in [-0.4, -0.2) is 146 Å². The highest BCUT2D eigenvalue weighted by Crippen LogP contribution is 2.30. The number of ether oxygens (including phenoxy) is 9. The van der Waals surface area contributed by atoms with Gasteiger partial charge in [0.25, 0.3) is 0 Å². The number of aliphatic hydroxyl groups excluding tert-OH is 3. The highest BCUT2D eigenvalue weighted by Gasteiger charge is 2.40. The number of hydrogen-bond donors (Lipinski definition) is 3. The zero-order valence-electron chi connectivity index (χ0n) is 40.5. The van der Waals surface area contributed by atoms with Gasteiger partial charge in [0, 0.05) is 75.1 Å². The predicted molar refractivity (Wildman–Crippen MR) is 241 cm³/mol. The lowest BCUT2D eigenvalue weighted by Gasteiger charge is -2.40. The maximum atomic E-state index is 10.5.